The molecule has 0 aliphatic heterocycles. The first-order valence-corrected chi connectivity index (χ1v) is 4.50. The normalized spacial score (nSPS) is 13.5. The molecular formula is C10H21N. The highest BCUT2D eigenvalue weighted by molar-refractivity contribution is 4.72. The molecule has 66 valence electrons. The Kier molecular flexibility index (Phi) is 6.24. The minimum absolute atomic E-state index is 0.676. The first kappa shape index (κ1) is 10.7. The molecule has 0 aliphatic rings. The van der Waals surface area contributed by atoms with Crippen LogP contribution in [0.4, 0.5) is 0 Å². The number of unbranched alkanes of at least 4 members (excludes halogenated alkanes) is 1. The smallest absolute Gasteiger partial charge is 0.00871 e. The van der Waals surface area contributed by atoms with E-state index in [1.807, 2.05) is 13.1 Å². The molecule has 0 aromatic heterocycles. The summed E-state index contributed by atoms with van der Waals surface area (Å²) < 4.78 is 0. The van der Waals surface area contributed by atoms with Crippen LogP contribution in [0.1, 0.15) is 33.1 Å². The number of allylic oxidation sites excluding steroid dienone is 1. The van der Waals surface area contributed by atoms with Crippen molar-refractivity contribution in [2.24, 2.45) is 5.92 Å². The monoisotopic (exact) mass is 155 g/mol. The van der Waals surface area contributed by atoms with Crippen molar-refractivity contribution in [3.8, 4) is 0 Å². The van der Waals surface area contributed by atoms with Gasteiger partial charge in [0.1, 0.15) is 0 Å². The van der Waals surface area contributed by atoms with E-state index < -0.39 is 0 Å². The van der Waals surface area contributed by atoms with Gasteiger partial charge >= 0.3 is 0 Å². The SMILES string of the molecule is C=CCCCC(NC)C(C)C. The maximum Gasteiger partial charge on any atom is 0.00871 e. The molecule has 0 heterocycles. The zero-order valence-corrected chi connectivity index (χ0v) is 8.06. The molecule has 0 aromatic rings. The highest BCUT2D eigenvalue weighted by atomic mass is 14.9. The molecule has 0 saturated heterocycles. The van der Waals surface area contributed by atoms with E-state index in [0.29, 0.717) is 6.04 Å². The third kappa shape index (κ3) is 5.02. The summed E-state index contributed by atoms with van der Waals surface area (Å²) in [7, 11) is 2.04. The predicted molar refractivity (Wildman–Crippen MR) is 51.7 cm³/mol. The van der Waals surface area contributed by atoms with Crippen molar-refractivity contribution < 1.29 is 0 Å². The summed E-state index contributed by atoms with van der Waals surface area (Å²) in [6.07, 6.45) is 5.66. The zero-order chi connectivity index (χ0) is 8.69. The van der Waals surface area contributed by atoms with Crippen LogP contribution in [0.3, 0.4) is 0 Å². The Morgan fingerprint density at radius 3 is 2.45 bits per heavy atom. The lowest BCUT2D eigenvalue weighted by Gasteiger charge is -2.19. The molecule has 0 saturated carbocycles. The lowest BCUT2D eigenvalue weighted by atomic mass is 9.99. The molecule has 1 N–H and O–H groups in total. The van der Waals surface area contributed by atoms with Crippen molar-refractivity contribution in [2.45, 2.75) is 39.2 Å². The number of hydrogen-bond acceptors (Lipinski definition) is 1. The summed E-state index contributed by atoms with van der Waals surface area (Å²) in [5, 5.41) is 3.33. The Morgan fingerprint density at radius 1 is 1.45 bits per heavy atom. The summed E-state index contributed by atoms with van der Waals surface area (Å²) in [6.45, 7) is 8.23. The van der Waals surface area contributed by atoms with Gasteiger partial charge in [0.05, 0.1) is 0 Å². The average Bonchev–Trinajstić information content (AvgIpc) is 1.97. The van der Waals surface area contributed by atoms with Crippen molar-refractivity contribution >= 4 is 0 Å². The van der Waals surface area contributed by atoms with E-state index in [9.17, 15) is 0 Å². The molecule has 1 atom stereocenters. The van der Waals surface area contributed by atoms with Crippen molar-refractivity contribution in [2.75, 3.05) is 7.05 Å². The van der Waals surface area contributed by atoms with Crippen molar-refractivity contribution in [3.63, 3.8) is 0 Å². The Labute approximate surface area is 70.9 Å². The zero-order valence-electron chi connectivity index (χ0n) is 8.06. The van der Waals surface area contributed by atoms with E-state index in [4.69, 9.17) is 0 Å². The van der Waals surface area contributed by atoms with Gasteiger partial charge in [-0.05, 0) is 32.2 Å². The molecule has 11 heavy (non-hydrogen) atoms. The number of rotatable bonds is 6. The van der Waals surface area contributed by atoms with Gasteiger partial charge in [-0.1, -0.05) is 19.9 Å². The van der Waals surface area contributed by atoms with E-state index in [2.05, 4.69) is 25.7 Å². The highest BCUT2D eigenvalue weighted by Crippen LogP contribution is 2.09. The summed E-state index contributed by atoms with van der Waals surface area (Å²) in [6, 6.07) is 0.676. The maximum atomic E-state index is 3.71. The highest BCUT2D eigenvalue weighted by Gasteiger charge is 2.08. The second-order valence-electron chi connectivity index (χ2n) is 3.36. The predicted octanol–water partition coefficient (Wildman–Crippen LogP) is 2.59. The van der Waals surface area contributed by atoms with Crippen LogP contribution in [-0.2, 0) is 0 Å². The molecule has 0 radical (unpaired) electrons. The summed E-state index contributed by atoms with van der Waals surface area (Å²) >= 11 is 0. The van der Waals surface area contributed by atoms with Gasteiger partial charge in [0.15, 0.2) is 0 Å². The van der Waals surface area contributed by atoms with Crippen molar-refractivity contribution in [1.29, 1.82) is 0 Å². The Hall–Kier alpha value is -0.300. The van der Waals surface area contributed by atoms with Gasteiger partial charge < -0.3 is 5.32 Å². The lowest BCUT2D eigenvalue weighted by Crippen LogP contribution is -2.30. The Morgan fingerprint density at radius 2 is 2.09 bits per heavy atom. The molecule has 0 spiro atoms. The van der Waals surface area contributed by atoms with Gasteiger partial charge in [-0.25, -0.2) is 0 Å². The lowest BCUT2D eigenvalue weighted by molar-refractivity contribution is 0.395. The quantitative estimate of drug-likeness (QED) is 0.459. The summed E-state index contributed by atoms with van der Waals surface area (Å²) in [5.41, 5.74) is 0. The van der Waals surface area contributed by atoms with Gasteiger partial charge in [-0.3, -0.25) is 0 Å². The van der Waals surface area contributed by atoms with Crippen LogP contribution in [0.25, 0.3) is 0 Å². The van der Waals surface area contributed by atoms with Gasteiger partial charge in [0, 0.05) is 6.04 Å². The standard InChI is InChI=1S/C10H21N/c1-5-6-7-8-10(11-4)9(2)3/h5,9-11H,1,6-8H2,2-4H3. The topological polar surface area (TPSA) is 12.0 Å². The average molecular weight is 155 g/mol. The molecular weight excluding hydrogens is 134 g/mol. The summed E-state index contributed by atoms with van der Waals surface area (Å²) in [5.74, 6) is 0.741. The van der Waals surface area contributed by atoms with E-state index >= 15 is 0 Å². The number of nitrogens with one attached hydrogen (secondary N) is 1. The second-order valence-corrected chi connectivity index (χ2v) is 3.36. The Balaban J connectivity index is 3.43. The van der Waals surface area contributed by atoms with Gasteiger partial charge in [-0.2, -0.15) is 0 Å². The van der Waals surface area contributed by atoms with Crippen LogP contribution in [0, 0.1) is 5.92 Å². The van der Waals surface area contributed by atoms with Crippen molar-refractivity contribution in [3.05, 3.63) is 12.7 Å². The van der Waals surface area contributed by atoms with Crippen LogP contribution in [-0.4, -0.2) is 13.1 Å². The number of hydrogen-bond donors (Lipinski definition) is 1. The van der Waals surface area contributed by atoms with Crippen molar-refractivity contribution in [1.82, 2.24) is 5.32 Å². The first-order chi connectivity index (χ1) is 5.22. The van der Waals surface area contributed by atoms with Crippen LogP contribution in [0.2, 0.25) is 0 Å². The largest absolute Gasteiger partial charge is 0.317 e. The van der Waals surface area contributed by atoms with Gasteiger partial charge in [0.25, 0.3) is 0 Å². The fraction of sp³-hybridized carbons (Fsp3) is 0.800. The maximum absolute atomic E-state index is 3.71. The van der Waals surface area contributed by atoms with Gasteiger partial charge in [0.2, 0.25) is 0 Å². The molecule has 0 bridgehead atoms. The minimum atomic E-state index is 0.676. The molecule has 1 heteroatoms. The minimum Gasteiger partial charge on any atom is -0.317 e. The molecule has 0 aromatic carbocycles. The molecule has 0 rings (SSSR count). The molecule has 0 amide bonds. The third-order valence-corrected chi connectivity index (χ3v) is 2.10. The van der Waals surface area contributed by atoms with Gasteiger partial charge in [-0.15, -0.1) is 6.58 Å². The second kappa shape index (κ2) is 6.41. The molecule has 1 unspecified atom stereocenters. The Bertz CT molecular complexity index is 97.0. The first-order valence-electron chi connectivity index (χ1n) is 4.50. The van der Waals surface area contributed by atoms with E-state index in [0.717, 1.165) is 12.3 Å². The van der Waals surface area contributed by atoms with E-state index in [1.54, 1.807) is 0 Å². The van der Waals surface area contributed by atoms with Crippen LogP contribution in [0.5, 0.6) is 0 Å². The third-order valence-electron chi connectivity index (χ3n) is 2.10. The fourth-order valence-electron chi connectivity index (χ4n) is 1.29. The fourth-order valence-corrected chi connectivity index (χ4v) is 1.29. The molecule has 1 nitrogen and oxygen atoms in total. The van der Waals surface area contributed by atoms with Crippen LogP contribution < -0.4 is 5.32 Å². The molecule has 0 fully saturated rings. The van der Waals surface area contributed by atoms with E-state index in [-0.39, 0.29) is 0 Å². The van der Waals surface area contributed by atoms with Crippen LogP contribution in [0.15, 0.2) is 12.7 Å². The van der Waals surface area contributed by atoms with Crippen LogP contribution >= 0.6 is 0 Å². The molecule has 0 aliphatic carbocycles. The van der Waals surface area contributed by atoms with E-state index in [1.165, 1.54) is 12.8 Å². The summed E-state index contributed by atoms with van der Waals surface area (Å²) in [4.78, 5) is 0.